The summed E-state index contributed by atoms with van der Waals surface area (Å²) >= 11 is 3.19. The Balaban J connectivity index is 3.10. The third kappa shape index (κ3) is 3.14. The summed E-state index contributed by atoms with van der Waals surface area (Å²) in [6, 6.07) is 4.51. The topological polar surface area (TPSA) is 74.6 Å². The molecule has 0 fully saturated rings. The number of hydrogen-bond donors (Lipinski definition) is 2. The molecule has 0 aromatic heterocycles. The molecule has 0 amide bonds. The first-order chi connectivity index (χ1) is 7.84. The van der Waals surface area contributed by atoms with Gasteiger partial charge in [-0.1, -0.05) is 34.1 Å². The highest BCUT2D eigenvalue weighted by molar-refractivity contribution is 9.10. The van der Waals surface area contributed by atoms with Crippen LogP contribution in [0, 0.1) is 6.92 Å². The second-order valence-corrected chi connectivity index (χ2v) is 5.17. The van der Waals surface area contributed by atoms with E-state index in [0.717, 1.165) is 0 Å². The Labute approximate surface area is 107 Å². The van der Waals surface area contributed by atoms with E-state index in [0.29, 0.717) is 11.1 Å². The molecule has 0 saturated carbocycles. The van der Waals surface area contributed by atoms with Crippen molar-refractivity contribution in [3.8, 4) is 0 Å². The van der Waals surface area contributed by atoms with E-state index in [-0.39, 0.29) is 16.2 Å². The average Bonchev–Trinajstić information content (AvgIpc) is 2.26. The number of ketones is 1. The molecule has 1 rings (SSSR count). The van der Waals surface area contributed by atoms with Gasteiger partial charge in [-0.2, -0.15) is 0 Å². The number of aliphatic hydroxyl groups is 1. The summed E-state index contributed by atoms with van der Waals surface area (Å²) < 4.78 is 0. The quantitative estimate of drug-likeness (QED) is 0.659. The van der Waals surface area contributed by atoms with Crippen molar-refractivity contribution < 1.29 is 19.8 Å². The van der Waals surface area contributed by atoms with Gasteiger partial charge in [-0.25, -0.2) is 4.79 Å². The van der Waals surface area contributed by atoms with E-state index in [1.54, 1.807) is 13.8 Å². The fourth-order valence-electron chi connectivity index (χ4n) is 1.49. The standard InChI is InChI=1S/C12H13BrO4/c1-6-5-8(11(15)12(16)17)3-4-9(6)10(14)7(2)13/h3-5,7,11,15H,1-2H3,(H,16,17). The number of halogens is 1. The lowest BCUT2D eigenvalue weighted by molar-refractivity contribution is -0.146. The number of aliphatic carboxylic acids is 1. The minimum atomic E-state index is -1.56. The molecular formula is C12H13BrO4. The van der Waals surface area contributed by atoms with Crippen molar-refractivity contribution in [3.05, 3.63) is 34.9 Å². The molecule has 5 heteroatoms. The average molecular weight is 301 g/mol. The van der Waals surface area contributed by atoms with Crippen molar-refractivity contribution in [3.63, 3.8) is 0 Å². The molecule has 0 spiro atoms. The minimum Gasteiger partial charge on any atom is -0.479 e. The monoisotopic (exact) mass is 300 g/mol. The van der Waals surface area contributed by atoms with Gasteiger partial charge in [-0.3, -0.25) is 4.79 Å². The summed E-state index contributed by atoms with van der Waals surface area (Å²) in [5.74, 6) is -1.38. The van der Waals surface area contributed by atoms with Crippen molar-refractivity contribution in [2.24, 2.45) is 0 Å². The van der Waals surface area contributed by atoms with Crippen LogP contribution in [0.3, 0.4) is 0 Å². The van der Waals surface area contributed by atoms with E-state index >= 15 is 0 Å². The molecule has 0 aliphatic rings. The highest BCUT2D eigenvalue weighted by atomic mass is 79.9. The Bertz CT molecular complexity index is 454. The van der Waals surface area contributed by atoms with Crippen molar-refractivity contribution in [1.29, 1.82) is 0 Å². The van der Waals surface area contributed by atoms with Gasteiger partial charge in [0.25, 0.3) is 0 Å². The van der Waals surface area contributed by atoms with E-state index in [1.807, 2.05) is 0 Å². The fraction of sp³-hybridized carbons (Fsp3) is 0.333. The highest BCUT2D eigenvalue weighted by Gasteiger charge is 2.19. The lowest BCUT2D eigenvalue weighted by atomic mass is 9.98. The molecule has 2 unspecified atom stereocenters. The molecule has 0 aliphatic heterocycles. The number of benzene rings is 1. The third-order valence-electron chi connectivity index (χ3n) is 2.43. The second-order valence-electron chi connectivity index (χ2n) is 3.80. The van der Waals surface area contributed by atoms with Gasteiger partial charge in [0.1, 0.15) is 0 Å². The molecule has 0 saturated heterocycles. The minimum absolute atomic E-state index is 0.0705. The number of aliphatic hydroxyl groups excluding tert-OH is 1. The Morgan fingerprint density at radius 3 is 2.35 bits per heavy atom. The van der Waals surface area contributed by atoms with Crippen LogP contribution in [0.25, 0.3) is 0 Å². The molecular weight excluding hydrogens is 288 g/mol. The van der Waals surface area contributed by atoms with E-state index in [2.05, 4.69) is 15.9 Å². The maximum Gasteiger partial charge on any atom is 0.337 e. The predicted octanol–water partition coefficient (Wildman–Crippen LogP) is 2.08. The number of Topliss-reactive ketones (excluding diaryl/α,β-unsaturated/α-hetero) is 1. The Morgan fingerprint density at radius 1 is 1.35 bits per heavy atom. The van der Waals surface area contributed by atoms with Crippen molar-refractivity contribution in [2.45, 2.75) is 24.8 Å². The molecule has 4 nitrogen and oxygen atoms in total. The van der Waals surface area contributed by atoms with Crippen molar-refractivity contribution in [2.75, 3.05) is 0 Å². The van der Waals surface area contributed by atoms with Crippen LogP contribution in [0.2, 0.25) is 0 Å². The normalized spacial score (nSPS) is 14.1. The zero-order chi connectivity index (χ0) is 13.2. The molecule has 1 aromatic carbocycles. The van der Waals surface area contributed by atoms with Gasteiger partial charge in [0, 0.05) is 5.56 Å². The van der Waals surface area contributed by atoms with Crippen LogP contribution in [0.5, 0.6) is 0 Å². The van der Waals surface area contributed by atoms with Gasteiger partial charge in [0.15, 0.2) is 11.9 Å². The molecule has 17 heavy (non-hydrogen) atoms. The molecule has 0 bridgehead atoms. The highest BCUT2D eigenvalue weighted by Crippen LogP contribution is 2.20. The summed E-state index contributed by atoms with van der Waals surface area (Å²) in [6.45, 7) is 3.43. The van der Waals surface area contributed by atoms with Gasteiger partial charge in [-0.05, 0) is 25.0 Å². The zero-order valence-electron chi connectivity index (χ0n) is 9.48. The molecule has 0 aliphatic carbocycles. The van der Waals surface area contributed by atoms with Crippen LogP contribution in [0.1, 0.15) is 34.5 Å². The summed E-state index contributed by atoms with van der Waals surface area (Å²) in [5.41, 5.74) is 1.45. The summed E-state index contributed by atoms with van der Waals surface area (Å²) in [6.07, 6.45) is -1.56. The first kappa shape index (κ1) is 13.9. The number of alkyl halides is 1. The van der Waals surface area contributed by atoms with E-state index in [4.69, 9.17) is 5.11 Å². The SMILES string of the molecule is Cc1cc(C(O)C(=O)O)ccc1C(=O)C(C)Br. The Hall–Kier alpha value is -1.20. The number of rotatable bonds is 4. The smallest absolute Gasteiger partial charge is 0.337 e. The van der Waals surface area contributed by atoms with Crippen LogP contribution in [0.4, 0.5) is 0 Å². The van der Waals surface area contributed by atoms with Crippen LogP contribution in [-0.2, 0) is 4.79 Å². The number of carbonyl (C=O) groups is 2. The largest absolute Gasteiger partial charge is 0.479 e. The maximum atomic E-state index is 11.8. The Morgan fingerprint density at radius 2 is 1.94 bits per heavy atom. The predicted molar refractivity (Wildman–Crippen MR) is 66.5 cm³/mol. The van der Waals surface area contributed by atoms with Gasteiger partial charge in [-0.15, -0.1) is 0 Å². The van der Waals surface area contributed by atoms with Crippen LogP contribution in [0.15, 0.2) is 18.2 Å². The van der Waals surface area contributed by atoms with Gasteiger partial charge >= 0.3 is 5.97 Å². The summed E-state index contributed by atoms with van der Waals surface area (Å²) in [7, 11) is 0. The number of carbonyl (C=O) groups excluding carboxylic acids is 1. The first-order valence-electron chi connectivity index (χ1n) is 5.04. The zero-order valence-corrected chi connectivity index (χ0v) is 11.1. The number of aryl methyl sites for hydroxylation is 1. The molecule has 92 valence electrons. The molecule has 0 heterocycles. The van der Waals surface area contributed by atoms with E-state index in [9.17, 15) is 14.7 Å². The van der Waals surface area contributed by atoms with Gasteiger partial charge in [0.05, 0.1) is 4.83 Å². The number of carboxylic acids is 1. The lowest BCUT2D eigenvalue weighted by Crippen LogP contribution is -2.14. The molecule has 1 aromatic rings. The Kier molecular flexibility index (Phi) is 4.42. The third-order valence-corrected chi connectivity index (χ3v) is 2.84. The fourth-order valence-corrected chi connectivity index (χ4v) is 1.74. The van der Waals surface area contributed by atoms with Crippen LogP contribution >= 0.6 is 15.9 Å². The first-order valence-corrected chi connectivity index (χ1v) is 5.96. The number of carboxylic acid groups (broad SMARTS) is 1. The molecule has 2 N–H and O–H groups in total. The molecule has 0 radical (unpaired) electrons. The van der Waals surface area contributed by atoms with E-state index < -0.39 is 12.1 Å². The van der Waals surface area contributed by atoms with Gasteiger partial charge < -0.3 is 10.2 Å². The second kappa shape index (κ2) is 5.42. The van der Waals surface area contributed by atoms with Crippen LogP contribution in [-0.4, -0.2) is 26.8 Å². The lowest BCUT2D eigenvalue weighted by Gasteiger charge is -2.11. The maximum absolute atomic E-state index is 11.8. The van der Waals surface area contributed by atoms with E-state index in [1.165, 1.54) is 18.2 Å². The summed E-state index contributed by atoms with van der Waals surface area (Å²) in [5, 5.41) is 18.0. The molecule has 2 atom stereocenters. The summed E-state index contributed by atoms with van der Waals surface area (Å²) in [4.78, 5) is 22.1. The van der Waals surface area contributed by atoms with Gasteiger partial charge in [0.2, 0.25) is 0 Å². The van der Waals surface area contributed by atoms with Crippen LogP contribution < -0.4 is 0 Å². The number of hydrogen-bond acceptors (Lipinski definition) is 3. The van der Waals surface area contributed by atoms with Crippen molar-refractivity contribution >= 4 is 27.7 Å². The van der Waals surface area contributed by atoms with Crippen molar-refractivity contribution in [1.82, 2.24) is 0 Å².